The van der Waals surface area contributed by atoms with Gasteiger partial charge in [-0.15, -0.1) is 0 Å². The molecule has 1 aromatic heterocycles. The van der Waals surface area contributed by atoms with Gasteiger partial charge in [-0.3, -0.25) is 4.98 Å². The number of pyridine rings is 1. The topological polar surface area (TPSA) is 12.9 Å². The Labute approximate surface area is 98.2 Å². The van der Waals surface area contributed by atoms with E-state index in [1.54, 1.807) is 0 Å². The van der Waals surface area contributed by atoms with E-state index in [4.69, 9.17) is 0 Å². The zero-order valence-electron chi connectivity index (χ0n) is 10.5. The second kappa shape index (κ2) is 6.06. The van der Waals surface area contributed by atoms with Crippen LogP contribution in [-0.2, 0) is 0 Å². The molecule has 0 amide bonds. The second-order valence-electron chi connectivity index (χ2n) is 4.00. The lowest BCUT2D eigenvalue weighted by Crippen LogP contribution is -1.81. The number of hydrogen-bond donors (Lipinski definition) is 0. The number of nitrogens with zero attached hydrogens (tertiary/aromatic N) is 1. The van der Waals surface area contributed by atoms with Crippen molar-refractivity contribution >= 4 is 0 Å². The first-order chi connectivity index (χ1) is 7.59. The standard InChI is InChI=1S/C8H10.C7H9N/c1-7-5-3-4-6-8(7)2;1-6-4-3-5-7(2)8-6/h3-6H,1-2H3;3-5H,1-2H3. The van der Waals surface area contributed by atoms with E-state index in [-0.39, 0.29) is 0 Å². The average Bonchev–Trinajstić information content (AvgIpc) is 2.23. The number of hydrogen-bond acceptors (Lipinski definition) is 1. The molecule has 0 unspecified atom stereocenters. The smallest absolute Gasteiger partial charge is 0.0375 e. The predicted octanol–water partition coefficient (Wildman–Crippen LogP) is 4.00. The largest absolute Gasteiger partial charge is 0.258 e. The summed E-state index contributed by atoms with van der Waals surface area (Å²) in [6, 6.07) is 14.4. The molecule has 2 aromatic rings. The highest BCUT2D eigenvalue weighted by atomic mass is 14.7. The van der Waals surface area contributed by atoms with Crippen LogP contribution in [0.2, 0.25) is 0 Å². The minimum Gasteiger partial charge on any atom is -0.258 e. The molecule has 0 aliphatic carbocycles. The maximum atomic E-state index is 4.17. The van der Waals surface area contributed by atoms with Crippen LogP contribution in [0.25, 0.3) is 0 Å². The van der Waals surface area contributed by atoms with Crippen molar-refractivity contribution < 1.29 is 0 Å². The monoisotopic (exact) mass is 213 g/mol. The Morgan fingerprint density at radius 3 is 1.31 bits per heavy atom. The Morgan fingerprint density at radius 1 is 0.625 bits per heavy atom. The maximum Gasteiger partial charge on any atom is 0.0375 e. The summed E-state index contributed by atoms with van der Waals surface area (Å²) in [5.74, 6) is 0. The van der Waals surface area contributed by atoms with Crippen LogP contribution >= 0.6 is 0 Å². The first kappa shape index (κ1) is 12.4. The normalized spacial score (nSPS) is 9.25. The van der Waals surface area contributed by atoms with Crippen molar-refractivity contribution in [1.29, 1.82) is 0 Å². The molecule has 1 heteroatoms. The molecule has 0 saturated heterocycles. The van der Waals surface area contributed by atoms with E-state index in [0.717, 1.165) is 11.4 Å². The lowest BCUT2D eigenvalue weighted by Gasteiger charge is -1.93. The average molecular weight is 213 g/mol. The number of aromatic nitrogens is 1. The molecule has 2 rings (SSSR count). The van der Waals surface area contributed by atoms with Crippen molar-refractivity contribution in [1.82, 2.24) is 4.98 Å². The van der Waals surface area contributed by atoms with Gasteiger partial charge in [0.15, 0.2) is 0 Å². The summed E-state index contributed by atoms with van der Waals surface area (Å²) in [6.45, 7) is 8.23. The summed E-state index contributed by atoms with van der Waals surface area (Å²) >= 11 is 0. The highest BCUT2D eigenvalue weighted by molar-refractivity contribution is 5.23. The van der Waals surface area contributed by atoms with Gasteiger partial charge >= 0.3 is 0 Å². The van der Waals surface area contributed by atoms with E-state index < -0.39 is 0 Å². The Hall–Kier alpha value is -1.63. The molecule has 16 heavy (non-hydrogen) atoms. The molecule has 0 spiro atoms. The zero-order valence-corrected chi connectivity index (χ0v) is 10.5. The minimum absolute atomic E-state index is 1.09. The van der Waals surface area contributed by atoms with Crippen LogP contribution in [0, 0.1) is 27.7 Å². The van der Waals surface area contributed by atoms with Gasteiger partial charge in [0.2, 0.25) is 0 Å². The quantitative estimate of drug-likeness (QED) is 0.644. The molecule has 1 aromatic carbocycles. The van der Waals surface area contributed by atoms with Crippen molar-refractivity contribution in [3.8, 4) is 0 Å². The van der Waals surface area contributed by atoms with Gasteiger partial charge in [-0.2, -0.15) is 0 Å². The second-order valence-corrected chi connectivity index (χ2v) is 4.00. The first-order valence-electron chi connectivity index (χ1n) is 5.52. The fourth-order valence-corrected chi connectivity index (χ4v) is 1.34. The maximum absolute atomic E-state index is 4.17. The van der Waals surface area contributed by atoms with Crippen LogP contribution in [0.1, 0.15) is 22.5 Å². The third-order valence-corrected chi connectivity index (χ3v) is 2.45. The van der Waals surface area contributed by atoms with Crippen LogP contribution in [0.15, 0.2) is 42.5 Å². The highest BCUT2D eigenvalue weighted by Crippen LogP contribution is 2.02. The van der Waals surface area contributed by atoms with Gasteiger partial charge in [0, 0.05) is 11.4 Å². The number of benzene rings is 1. The van der Waals surface area contributed by atoms with Gasteiger partial charge in [-0.05, 0) is 51.0 Å². The van der Waals surface area contributed by atoms with E-state index in [9.17, 15) is 0 Å². The fourth-order valence-electron chi connectivity index (χ4n) is 1.34. The van der Waals surface area contributed by atoms with Crippen LogP contribution in [0.4, 0.5) is 0 Å². The van der Waals surface area contributed by atoms with Gasteiger partial charge < -0.3 is 0 Å². The van der Waals surface area contributed by atoms with Crippen molar-refractivity contribution in [3.05, 3.63) is 65.0 Å². The van der Waals surface area contributed by atoms with Crippen molar-refractivity contribution in [2.75, 3.05) is 0 Å². The molecule has 0 aliphatic rings. The SMILES string of the molecule is Cc1cccc(C)n1.Cc1ccccc1C. The Kier molecular flexibility index (Phi) is 4.71. The predicted molar refractivity (Wildman–Crippen MR) is 69.6 cm³/mol. The summed E-state index contributed by atoms with van der Waals surface area (Å²) in [6.07, 6.45) is 0. The molecular weight excluding hydrogens is 194 g/mol. The minimum atomic E-state index is 1.09. The van der Waals surface area contributed by atoms with E-state index >= 15 is 0 Å². The van der Waals surface area contributed by atoms with Gasteiger partial charge in [0.25, 0.3) is 0 Å². The molecule has 0 aliphatic heterocycles. The molecular formula is C15H19N. The van der Waals surface area contributed by atoms with Gasteiger partial charge in [0.05, 0.1) is 0 Å². The van der Waals surface area contributed by atoms with E-state index in [1.165, 1.54) is 11.1 Å². The lowest BCUT2D eigenvalue weighted by molar-refractivity contribution is 1.12. The summed E-state index contributed by atoms with van der Waals surface area (Å²) in [5, 5.41) is 0. The van der Waals surface area contributed by atoms with Crippen LogP contribution < -0.4 is 0 Å². The summed E-state index contributed by atoms with van der Waals surface area (Å²) < 4.78 is 0. The van der Waals surface area contributed by atoms with Gasteiger partial charge in [-0.25, -0.2) is 0 Å². The lowest BCUT2D eigenvalue weighted by atomic mass is 10.1. The summed E-state index contributed by atoms with van der Waals surface area (Å²) in [5.41, 5.74) is 4.91. The molecule has 0 atom stereocenters. The molecule has 0 N–H and O–H groups in total. The van der Waals surface area contributed by atoms with Crippen molar-refractivity contribution in [2.24, 2.45) is 0 Å². The zero-order chi connectivity index (χ0) is 12.0. The summed E-state index contributed by atoms with van der Waals surface area (Å²) in [7, 11) is 0. The van der Waals surface area contributed by atoms with E-state index in [2.05, 4.69) is 43.1 Å². The van der Waals surface area contributed by atoms with Crippen LogP contribution in [0.5, 0.6) is 0 Å². The van der Waals surface area contributed by atoms with E-state index in [1.807, 2.05) is 32.0 Å². The third kappa shape index (κ3) is 4.26. The molecule has 1 heterocycles. The first-order valence-corrected chi connectivity index (χ1v) is 5.52. The Bertz CT molecular complexity index is 408. The fraction of sp³-hybridized carbons (Fsp3) is 0.267. The molecule has 1 nitrogen and oxygen atoms in total. The molecule has 0 fully saturated rings. The number of aryl methyl sites for hydroxylation is 4. The van der Waals surface area contributed by atoms with Gasteiger partial charge in [0.1, 0.15) is 0 Å². The highest BCUT2D eigenvalue weighted by Gasteiger charge is 1.84. The van der Waals surface area contributed by atoms with Crippen molar-refractivity contribution in [2.45, 2.75) is 27.7 Å². The third-order valence-electron chi connectivity index (χ3n) is 2.45. The van der Waals surface area contributed by atoms with Gasteiger partial charge in [-0.1, -0.05) is 30.3 Å². The Morgan fingerprint density at radius 2 is 1.06 bits per heavy atom. The Balaban J connectivity index is 0.000000160. The van der Waals surface area contributed by atoms with Crippen LogP contribution in [-0.4, -0.2) is 4.98 Å². The van der Waals surface area contributed by atoms with Crippen LogP contribution in [0.3, 0.4) is 0 Å². The number of rotatable bonds is 0. The van der Waals surface area contributed by atoms with E-state index in [0.29, 0.717) is 0 Å². The molecule has 0 saturated carbocycles. The summed E-state index contributed by atoms with van der Waals surface area (Å²) in [4.78, 5) is 4.17. The molecule has 0 radical (unpaired) electrons. The van der Waals surface area contributed by atoms with Crippen molar-refractivity contribution in [3.63, 3.8) is 0 Å². The molecule has 84 valence electrons. The molecule has 0 bridgehead atoms.